The maximum Gasteiger partial charge on any atom is 0.332 e. The highest BCUT2D eigenvalue weighted by atomic mass is 16.7. The highest BCUT2D eigenvalue weighted by Crippen LogP contribution is 2.34. The second kappa shape index (κ2) is 9.56. The molecule has 2 aliphatic heterocycles. The van der Waals surface area contributed by atoms with Crippen molar-refractivity contribution < 1.29 is 28.5 Å². The molecule has 0 fully saturated rings. The normalized spacial score (nSPS) is 19.1. The summed E-state index contributed by atoms with van der Waals surface area (Å²) in [6, 6.07) is 10.7. The number of esters is 1. The van der Waals surface area contributed by atoms with Crippen molar-refractivity contribution in [3.05, 3.63) is 58.7 Å². The Bertz CT molecular complexity index is 1120. The number of fused-ring (bicyclic) bond motifs is 2. The Balaban J connectivity index is 1.52. The summed E-state index contributed by atoms with van der Waals surface area (Å²) in [4.78, 5) is 21.3. The van der Waals surface area contributed by atoms with Crippen molar-refractivity contribution in [2.45, 2.75) is 58.5 Å². The van der Waals surface area contributed by atoms with Crippen molar-refractivity contribution in [1.29, 1.82) is 0 Å². The maximum absolute atomic E-state index is 12.4. The van der Waals surface area contributed by atoms with Gasteiger partial charge >= 0.3 is 5.97 Å². The zero-order chi connectivity index (χ0) is 24.3. The average Bonchev–Trinajstić information content (AvgIpc) is 2.79. The van der Waals surface area contributed by atoms with E-state index >= 15 is 0 Å². The molecule has 180 valence electrons. The molecular formula is C26H30N2O6. The first-order valence-electron chi connectivity index (χ1n) is 11.2. The van der Waals surface area contributed by atoms with E-state index in [0.29, 0.717) is 13.2 Å². The summed E-state index contributed by atoms with van der Waals surface area (Å²) < 4.78 is 28.3. The van der Waals surface area contributed by atoms with Crippen LogP contribution in [0.15, 0.2) is 46.4 Å². The summed E-state index contributed by atoms with van der Waals surface area (Å²) in [5, 5.41) is 0. The SMILES string of the molecule is COC(=O)C(C/N=C/c1cccc2c1OC(C)(C)OC2)/N=C/c1cccc2c1COC(C)(C)O2. The average molecular weight is 467 g/mol. The molecule has 34 heavy (non-hydrogen) atoms. The lowest BCUT2D eigenvalue weighted by molar-refractivity contribution is -0.180. The number of hydrogen-bond donors (Lipinski definition) is 0. The van der Waals surface area contributed by atoms with E-state index in [4.69, 9.17) is 23.7 Å². The lowest BCUT2D eigenvalue weighted by Gasteiger charge is -2.33. The molecule has 0 aromatic heterocycles. The summed E-state index contributed by atoms with van der Waals surface area (Å²) in [5.74, 6) is -0.387. The molecule has 2 heterocycles. The van der Waals surface area contributed by atoms with E-state index in [0.717, 1.165) is 33.8 Å². The summed E-state index contributed by atoms with van der Waals surface area (Å²) in [7, 11) is 1.34. The first-order valence-corrected chi connectivity index (χ1v) is 11.2. The number of nitrogens with zero attached hydrogens (tertiary/aromatic N) is 2. The molecule has 0 N–H and O–H groups in total. The van der Waals surface area contributed by atoms with E-state index in [1.807, 2.05) is 64.1 Å². The first kappa shape index (κ1) is 23.9. The van der Waals surface area contributed by atoms with E-state index in [-0.39, 0.29) is 6.54 Å². The topological polar surface area (TPSA) is 87.9 Å². The minimum atomic E-state index is -0.792. The van der Waals surface area contributed by atoms with Gasteiger partial charge in [-0.3, -0.25) is 9.98 Å². The smallest absolute Gasteiger partial charge is 0.332 e. The summed E-state index contributed by atoms with van der Waals surface area (Å²) in [5.41, 5.74) is 3.47. The highest BCUT2D eigenvalue weighted by Gasteiger charge is 2.29. The molecule has 4 rings (SSSR count). The monoisotopic (exact) mass is 466 g/mol. The van der Waals surface area contributed by atoms with Gasteiger partial charge in [0.2, 0.25) is 11.6 Å². The lowest BCUT2D eigenvalue weighted by Crippen LogP contribution is -2.35. The van der Waals surface area contributed by atoms with E-state index in [9.17, 15) is 4.79 Å². The third kappa shape index (κ3) is 5.46. The lowest BCUT2D eigenvalue weighted by atomic mass is 10.1. The Hall–Kier alpha value is -3.23. The first-order chi connectivity index (χ1) is 16.2. The van der Waals surface area contributed by atoms with Crippen LogP contribution in [0.5, 0.6) is 11.5 Å². The third-order valence-corrected chi connectivity index (χ3v) is 5.51. The Morgan fingerprint density at radius 2 is 1.71 bits per heavy atom. The number of carbonyl (C=O) groups excluding carboxylic acids is 1. The number of hydrogen-bond acceptors (Lipinski definition) is 8. The van der Waals surface area contributed by atoms with Gasteiger partial charge in [-0.25, -0.2) is 4.79 Å². The van der Waals surface area contributed by atoms with Crippen LogP contribution < -0.4 is 9.47 Å². The summed E-state index contributed by atoms with van der Waals surface area (Å²) in [6.07, 6.45) is 3.34. The third-order valence-electron chi connectivity index (χ3n) is 5.51. The molecular weight excluding hydrogens is 436 g/mol. The van der Waals surface area contributed by atoms with Crippen molar-refractivity contribution in [2.75, 3.05) is 13.7 Å². The van der Waals surface area contributed by atoms with Crippen molar-refractivity contribution >= 4 is 18.4 Å². The van der Waals surface area contributed by atoms with Crippen molar-refractivity contribution in [1.82, 2.24) is 0 Å². The van der Waals surface area contributed by atoms with Crippen LogP contribution in [0.4, 0.5) is 0 Å². The van der Waals surface area contributed by atoms with E-state index < -0.39 is 23.6 Å². The van der Waals surface area contributed by atoms with Gasteiger partial charge in [0.05, 0.1) is 26.9 Å². The predicted molar refractivity (Wildman–Crippen MR) is 128 cm³/mol. The molecule has 0 aliphatic carbocycles. The number of para-hydroxylation sites is 1. The van der Waals surface area contributed by atoms with Gasteiger partial charge in [0.15, 0.2) is 6.04 Å². The molecule has 8 heteroatoms. The predicted octanol–water partition coefficient (Wildman–Crippen LogP) is 4.06. The molecule has 1 atom stereocenters. The Morgan fingerprint density at radius 3 is 2.50 bits per heavy atom. The Kier molecular flexibility index (Phi) is 6.72. The van der Waals surface area contributed by atoms with Crippen LogP contribution in [0.2, 0.25) is 0 Å². The van der Waals surface area contributed by atoms with E-state index in [1.54, 1.807) is 12.4 Å². The van der Waals surface area contributed by atoms with Crippen LogP contribution in [-0.2, 0) is 32.2 Å². The second-order valence-corrected chi connectivity index (χ2v) is 9.05. The molecule has 0 bridgehead atoms. The molecule has 0 saturated carbocycles. The van der Waals surface area contributed by atoms with E-state index in [2.05, 4.69) is 9.98 Å². The van der Waals surface area contributed by atoms with Gasteiger partial charge in [-0.15, -0.1) is 0 Å². The van der Waals surface area contributed by atoms with Crippen LogP contribution in [0, 0.1) is 0 Å². The fourth-order valence-electron chi connectivity index (χ4n) is 3.70. The van der Waals surface area contributed by atoms with Crippen LogP contribution in [0.25, 0.3) is 0 Å². The van der Waals surface area contributed by atoms with Crippen LogP contribution in [0.3, 0.4) is 0 Å². The second-order valence-electron chi connectivity index (χ2n) is 9.05. The summed E-state index contributed by atoms with van der Waals surface area (Å²) >= 11 is 0. The fourth-order valence-corrected chi connectivity index (χ4v) is 3.70. The minimum Gasteiger partial charge on any atom is -0.467 e. The molecule has 0 saturated heterocycles. The Labute approximate surface area is 199 Å². The number of aliphatic imine (C=N–C) groups is 2. The molecule has 8 nitrogen and oxygen atoms in total. The van der Waals surface area contributed by atoms with Gasteiger partial charge in [0.1, 0.15) is 11.5 Å². The van der Waals surface area contributed by atoms with Gasteiger partial charge in [-0.05, 0) is 12.1 Å². The number of carbonyl (C=O) groups is 1. The molecule has 0 amide bonds. The van der Waals surface area contributed by atoms with Crippen LogP contribution >= 0.6 is 0 Å². The standard InChI is InChI=1S/C26H30N2O6/c1-25(2)32-16-20-17(8-7-11-22(20)33-25)13-28-21(24(29)30-5)14-27-12-18-9-6-10-19-15-31-26(3,4)34-23(18)19/h6-13,21H,14-16H2,1-5H3/b27-12+,28-13+. The van der Waals surface area contributed by atoms with Crippen LogP contribution in [0.1, 0.15) is 49.9 Å². The molecule has 0 radical (unpaired) electrons. The van der Waals surface area contributed by atoms with Crippen molar-refractivity contribution in [3.8, 4) is 11.5 Å². The number of methoxy groups -OCH3 is 1. The minimum absolute atomic E-state index is 0.127. The van der Waals surface area contributed by atoms with Crippen LogP contribution in [-0.4, -0.2) is 49.7 Å². The fraction of sp³-hybridized carbons (Fsp3) is 0.423. The number of benzene rings is 2. The largest absolute Gasteiger partial charge is 0.467 e. The van der Waals surface area contributed by atoms with Gasteiger partial charge in [-0.2, -0.15) is 0 Å². The van der Waals surface area contributed by atoms with Gasteiger partial charge in [-0.1, -0.05) is 24.3 Å². The number of rotatable bonds is 6. The van der Waals surface area contributed by atoms with E-state index in [1.165, 1.54) is 7.11 Å². The molecule has 2 aliphatic rings. The molecule has 2 aromatic rings. The van der Waals surface area contributed by atoms with Crippen molar-refractivity contribution in [2.24, 2.45) is 9.98 Å². The summed E-state index contributed by atoms with van der Waals surface area (Å²) in [6.45, 7) is 8.45. The number of ether oxygens (including phenoxy) is 5. The Morgan fingerprint density at radius 1 is 1.00 bits per heavy atom. The maximum atomic E-state index is 12.4. The molecule has 2 aromatic carbocycles. The van der Waals surface area contributed by atoms with Gasteiger partial charge < -0.3 is 23.7 Å². The zero-order valence-electron chi connectivity index (χ0n) is 20.2. The van der Waals surface area contributed by atoms with Gasteiger partial charge in [0.25, 0.3) is 0 Å². The quantitative estimate of drug-likeness (QED) is 0.471. The molecule has 1 unspecified atom stereocenters. The van der Waals surface area contributed by atoms with Gasteiger partial charge in [0, 0.05) is 62.4 Å². The highest BCUT2D eigenvalue weighted by molar-refractivity contribution is 5.87. The van der Waals surface area contributed by atoms with Crippen molar-refractivity contribution in [3.63, 3.8) is 0 Å². The molecule has 0 spiro atoms. The zero-order valence-corrected chi connectivity index (χ0v) is 20.2.